The number of methoxy groups -OCH3 is 1. The number of likely N-dealkylation sites (N-methyl/N-ethyl adjacent to an activating group) is 1. The molecule has 0 aliphatic carbocycles. The molecule has 1 N–H and O–H groups in total. The topological polar surface area (TPSA) is 54.7 Å². The molecule has 1 aromatic heterocycles. The molecule has 0 saturated heterocycles. The minimum absolute atomic E-state index is 0.0475. The lowest BCUT2D eigenvalue weighted by molar-refractivity contribution is -0.122. The summed E-state index contributed by atoms with van der Waals surface area (Å²) in [5.74, 6) is 1.57. The van der Waals surface area contributed by atoms with E-state index in [1.54, 1.807) is 13.4 Å². The van der Waals surface area contributed by atoms with Gasteiger partial charge in [0, 0.05) is 0 Å². The average Bonchev–Trinajstić information content (AvgIpc) is 3.19. The highest BCUT2D eigenvalue weighted by molar-refractivity contribution is 5.79. The Balaban J connectivity index is 1.71. The van der Waals surface area contributed by atoms with Crippen molar-refractivity contribution < 1.29 is 13.9 Å². The predicted octanol–water partition coefficient (Wildman–Crippen LogP) is 3.63. The van der Waals surface area contributed by atoms with E-state index in [0.717, 1.165) is 22.6 Å². The molecule has 27 heavy (non-hydrogen) atoms. The summed E-state index contributed by atoms with van der Waals surface area (Å²) in [6.45, 7) is 0.860. The molecule has 0 saturated carbocycles. The minimum Gasteiger partial charge on any atom is -0.497 e. The summed E-state index contributed by atoms with van der Waals surface area (Å²) in [5, 5.41) is 3.15. The van der Waals surface area contributed by atoms with Crippen molar-refractivity contribution in [2.75, 3.05) is 20.7 Å². The molecule has 0 fully saturated rings. The zero-order valence-corrected chi connectivity index (χ0v) is 15.6. The number of carbonyl (C=O) groups is 1. The summed E-state index contributed by atoms with van der Waals surface area (Å²) in [5.41, 5.74) is 2.04. The van der Waals surface area contributed by atoms with Crippen LogP contribution in [0.25, 0.3) is 0 Å². The lowest BCUT2D eigenvalue weighted by Gasteiger charge is -2.22. The fraction of sp³-hybridized carbons (Fsp3) is 0.227. The van der Waals surface area contributed by atoms with Crippen LogP contribution >= 0.6 is 0 Å². The summed E-state index contributed by atoms with van der Waals surface area (Å²) in [6, 6.07) is 21.2. The zero-order valence-electron chi connectivity index (χ0n) is 15.6. The number of hydrogen-bond acceptors (Lipinski definition) is 4. The molecule has 0 radical (unpaired) electrons. The van der Waals surface area contributed by atoms with Gasteiger partial charge in [0.2, 0.25) is 5.91 Å². The maximum Gasteiger partial charge on any atom is 0.234 e. The van der Waals surface area contributed by atoms with Gasteiger partial charge in [-0.3, -0.25) is 9.69 Å². The van der Waals surface area contributed by atoms with Crippen LogP contribution in [-0.2, 0) is 11.3 Å². The molecule has 2 aromatic carbocycles. The number of benzene rings is 2. The quantitative estimate of drug-likeness (QED) is 0.663. The predicted molar refractivity (Wildman–Crippen MR) is 104 cm³/mol. The third kappa shape index (κ3) is 5.21. The molecule has 0 aliphatic rings. The first kappa shape index (κ1) is 18.7. The highest BCUT2D eigenvalue weighted by Crippen LogP contribution is 2.24. The van der Waals surface area contributed by atoms with Crippen molar-refractivity contribution in [3.63, 3.8) is 0 Å². The van der Waals surface area contributed by atoms with Gasteiger partial charge >= 0.3 is 0 Å². The molecular weight excluding hydrogens is 340 g/mol. The molecule has 140 valence electrons. The van der Waals surface area contributed by atoms with Crippen LogP contribution in [-0.4, -0.2) is 31.5 Å². The number of furan rings is 1. The van der Waals surface area contributed by atoms with Crippen molar-refractivity contribution in [1.82, 2.24) is 10.2 Å². The fourth-order valence-corrected chi connectivity index (χ4v) is 2.98. The Labute approximate surface area is 159 Å². The molecule has 0 aliphatic heterocycles. The van der Waals surface area contributed by atoms with Crippen molar-refractivity contribution in [2.24, 2.45) is 0 Å². The van der Waals surface area contributed by atoms with Gasteiger partial charge in [0.05, 0.1) is 32.5 Å². The van der Waals surface area contributed by atoms with Gasteiger partial charge in [0.15, 0.2) is 0 Å². The Morgan fingerprint density at radius 1 is 1.04 bits per heavy atom. The molecule has 1 atom stereocenters. The van der Waals surface area contributed by atoms with Crippen molar-refractivity contribution in [2.45, 2.75) is 12.6 Å². The van der Waals surface area contributed by atoms with E-state index in [-0.39, 0.29) is 18.5 Å². The fourth-order valence-electron chi connectivity index (χ4n) is 2.98. The molecule has 3 aromatic rings. The summed E-state index contributed by atoms with van der Waals surface area (Å²) in [7, 11) is 3.54. The van der Waals surface area contributed by atoms with Crippen LogP contribution in [0, 0.1) is 0 Å². The molecule has 1 heterocycles. The Kier molecular flexibility index (Phi) is 6.28. The summed E-state index contributed by atoms with van der Waals surface area (Å²) < 4.78 is 10.6. The molecule has 0 spiro atoms. The van der Waals surface area contributed by atoms with Crippen molar-refractivity contribution in [3.8, 4) is 5.75 Å². The number of ether oxygens (including phenoxy) is 1. The van der Waals surface area contributed by atoms with Crippen molar-refractivity contribution in [3.05, 3.63) is 89.9 Å². The largest absolute Gasteiger partial charge is 0.497 e. The van der Waals surface area contributed by atoms with Gasteiger partial charge in [-0.15, -0.1) is 0 Å². The van der Waals surface area contributed by atoms with Gasteiger partial charge < -0.3 is 14.5 Å². The van der Waals surface area contributed by atoms with Gasteiger partial charge in [-0.05, 0) is 42.4 Å². The second kappa shape index (κ2) is 9.05. The first-order valence-electron chi connectivity index (χ1n) is 8.85. The molecule has 0 unspecified atom stereocenters. The molecule has 3 rings (SSSR count). The van der Waals surface area contributed by atoms with Crippen LogP contribution in [0.4, 0.5) is 0 Å². The number of hydrogen-bond donors (Lipinski definition) is 1. The van der Waals surface area contributed by atoms with E-state index in [4.69, 9.17) is 9.15 Å². The van der Waals surface area contributed by atoms with Crippen LogP contribution in [0.5, 0.6) is 5.75 Å². The Morgan fingerprint density at radius 3 is 2.37 bits per heavy atom. The lowest BCUT2D eigenvalue weighted by Crippen LogP contribution is -2.37. The van der Waals surface area contributed by atoms with Crippen LogP contribution < -0.4 is 10.1 Å². The van der Waals surface area contributed by atoms with Crippen molar-refractivity contribution >= 4 is 5.91 Å². The van der Waals surface area contributed by atoms with E-state index in [1.807, 2.05) is 78.7 Å². The average molecular weight is 364 g/mol. The maximum atomic E-state index is 12.7. The molecule has 0 bridgehead atoms. The van der Waals surface area contributed by atoms with E-state index < -0.39 is 0 Å². The number of nitrogens with zero attached hydrogens (tertiary/aromatic N) is 1. The Bertz CT molecular complexity index is 830. The van der Waals surface area contributed by atoms with E-state index in [2.05, 4.69) is 5.32 Å². The highest BCUT2D eigenvalue weighted by Gasteiger charge is 2.18. The van der Waals surface area contributed by atoms with E-state index in [9.17, 15) is 4.79 Å². The van der Waals surface area contributed by atoms with Crippen LogP contribution in [0.2, 0.25) is 0 Å². The molecule has 5 nitrogen and oxygen atoms in total. The third-order valence-corrected chi connectivity index (χ3v) is 4.31. The summed E-state index contributed by atoms with van der Waals surface area (Å²) in [6.07, 6.45) is 1.64. The first-order valence-corrected chi connectivity index (χ1v) is 8.85. The van der Waals surface area contributed by atoms with E-state index in [0.29, 0.717) is 6.54 Å². The zero-order chi connectivity index (χ0) is 19.1. The number of carbonyl (C=O) groups excluding carboxylic acids is 1. The normalized spacial score (nSPS) is 12.0. The third-order valence-electron chi connectivity index (χ3n) is 4.31. The molecule has 1 amide bonds. The Hall–Kier alpha value is -3.05. The van der Waals surface area contributed by atoms with Crippen LogP contribution in [0.15, 0.2) is 77.4 Å². The maximum absolute atomic E-state index is 12.7. The van der Waals surface area contributed by atoms with Gasteiger partial charge in [-0.2, -0.15) is 0 Å². The van der Waals surface area contributed by atoms with Crippen LogP contribution in [0.1, 0.15) is 22.9 Å². The van der Waals surface area contributed by atoms with Gasteiger partial charge in [-0.25, -0.2) is 0 Å². The van der Waals surface area contributed by atoms with Gasteiger partial charge in [-0.1, -0.05) is 42.5 Å². The number of nitrogens with one attached hydrogen (secondary N) is 1. The second-order valence-corrected chi connectivity index (χ2v) is 6.44. The smallest absolute Gasteiger partial charge is 0.234 e. The highest BCUT2D eigenvalue weighted by atomic mass is 16.5. The number of amides is 1. The SMILES string of the molecule is COc1ccc([C@@H](NC(=O)CN(C)Cc2ccco2)c2ccccc2)cc1. The Morgan fingerprint density at radius 2 is 1.74 bits per heavy atom. The van der Waals surface area contributed by atoms with Crippen molar-refractivity contribution in [1.29, 1.82) is 0 Å². The summed E-state index contributed by atoms with van der Waals surface area (Å²) in [4.78, 5) is 14.6. The number of rotatable bonds is 8. The first-order chi connectivity index (χ1) is 13.2. The van der Waals surface area contributed by atoms with Crippen LogP contribution in [0.3, 0.4) is 0 Å². The molecular formula is C22H24N2O3. The summed E-state index contributed by atoms with van der Waals surface area (Å²) >= 11 is 0. The minimum atomic E-state index is -0.221. The second-order valence-electron chi connectivity index (χ2n) is 6.44. The monoisotopic (exact) mass is 364 g/mol. The standard InChI is InChI=1S/C22H24N2O3/c1-24(15-20-9-6-14-27-20)16-21(25)23-22(17-7-4-3-5-8-17)18-10-12-19(26-2)13-11-18/h3-14,22H,15-16H2,1-2H3,(H,23,25)/t22-/m0/s1. The van der Waals surface area contributed by atoms with Gasteiger partial charge in [0.25, 0.3) is 0 Å². The van der Waals surface area contributed by atoms with E-state index in [1.165, 1.54) is 0 Å². The van der Waals surface area contributed by atoms with Gasteiger partial charge in [0.1, 0.15) is 11.5 Å². The molecule has 5 heteroatoms. The lowest BCUT2D eigenvalue weighted by atomic mass is 9.98. The van der Waals surface area contributed by atoms with E-state index >= 15 is 0 Å².